The molecule has 2 aromatic heterocycles. The Morgan fingerprint density at radius 1 is 1.24 bits per heavy atom. The summed E-state index contributed by atoms with van der Waals surface area (Å²) in [6.45, 7) is 1.92. The van der Waals surface area contributed by atoms with Crippen LogP contribution in [0.5, 0.6) is 0 Å². The van der Waals surface area contributed by atoms with Crippen LogP contribution in [0.15, 0.2) is 36.7 Å². The highest BCUT2D eigenvalue weighted by atomic mass is 16.2. The molecule has 108 valence electrons. The monoisotopic (exact) mass is 283 g/mol. The standard InChI is InChI=1S/C15H17N5O/c1-10-7-9-17-14(18-10)13(11-5-6-11)20-15(21)19-12-4-2-3-8-16-12/h2-4,7-9,11,13H,5-6H2,1H3,(H2,16,19,20,21)/t13-/m0/s1. The van der Waals surface area contributed by atoms with E-state index in [1.165, 1.54) is 0 Å². The van der Waals surface area contributed by atoms with Crippen molar-refractivity contribution in [2.45, 2.75) is 25.8 Å². The zero-order chi connectivity index (χ0) is 14.7. The van der Waals surface area contributed by atoms with Crippen LogP contribution in [0, 0.1) is 12.8 Å². The predicted molar refractivity (Wildman–Crippen MR) is 78.6 cm³/mol. The van der Waals surface area contributed by atoms with Crippen molar-refractivity contribution in [2.75, 3.05) is 5.32 Å². The van der Waals surface area contributed by atoms with E-state index in [1.807, 2.05) is 19.1 Å². The quantitative estimate of drug-likeness (QED) is 0.903. The van der Waals surface area contributed by atoms with Crippen molar-refractivity contribution in [3.05, 3.63) is 48.2 Å². The first-order chi connectivity index (χ1) is 10.2. The van der Waals surface area contributed by atoms with E-state index in [9.17, 15) is 4.79 Å². The first kappa shape index (κ1) is 13.5. The van der Waals surface area contributed by atoms with Crippen LogP contribution in [-0.4, -0.2) is 21.0 Å². The highest BCUT2D eigenvalue weighted by Gasteiger charge is 2.35. The van der Waals surface area contributed by atoms with Gasteiger partial charge in [-0.3, -0.25) is 5.32 Å². The number of carbonyl (C=O) groups excluding carboxylic acids is 1. The van der Waals surface area contributed by atoms with Crippen LogP contribution in [0.1, 0.15) is 30.4 Å². The Hall–Kier alpha value is -2.50. The Balaban J connectivity index is 1.69. The van der Waals surface area contributed by atoms with Gasteiger partial charge in [0.05, 0.1) is 6.04 Å². The minimum absolute atomic E-state index is 0.145. The smallest absolute Gasteiger partial charge is 0.321 e. The lowest BCUT2D eigenvalue weighted by atomic mass is 10.1. The first-order valence-corrected chi connectivity index (χ1v) is 7.00. The van der Waals surface area contributed by atoms with Crippen molar-refractivity contribution >= 4 is 11.8 Å². The number of anilines is 1. The number of amides is 2. The Labute approximate surface area is 123 Å². The summed E-state index contributed by atoms with van der Waals surface area (Å²) in [7, 11) is 0. The van der Waals surface area contributed by atoms with Crippen molar-refractivity contribution in [3.63, 3.8) is 0 Å². The molecule has 0 spiro atoms. The van der Waals surface area contributed by atoms with E-state index < -0.39 is 0 Å². The molecule has 3 rings (SSSR count). The molecule has 21 heavy (non-hydrogen) atoms. The molecule has 0 radical (unpaired) electrons. The number of nitrogens with one attached hydrogen (secondary N) is 2. The van der Waals surface area contributed by atoms with Gasteiger partial charge in [0.1, 0.15) is 5.82 Å². The summed E-state index contributed by atoms with van der Waals surface area (Å²) in [5.41, 5.74) is 0.901. The van der Waals surface area contributed by atoms with Gasteiger partial charge in [0.15, 0.2) is 5.82 Å². The van der Waals surface area contributed by atoms with E-state index in [0.717, 1.165) is 18.5 Å². The van der Waals surface area contributed by atoms with Gasteiger partial charge in [0.2, 0.25) is 0 Å². The molecule has 2 amide bonds. The number of carbonyl (C=O) groups is 1. The number of aryl methyl sites for hydroxylation is 1. The van der Waals surface area contributed by atoms with Crippen LogP contribution in [0.4, 0.5) is 10.6 Å². The number of urea groups is 1. The summed E-state index contributed by atoms with van der Waals surface area (Å²) < 4.78 is 0. The zero-order valence-corrected chi connectivity index (χ0v) is 11.8. The summed E-state index contributed by atoms with van der Waals surface area (Å²) in [5, 5.41) is 5.68. The van der Waals surface area contributed by atoms with E-state index in [4.69, 9.17) is 0 Å². The number of nitrogens with zero attached hydrogens (tertiary/aromatic N) is 3. The average molecular weight is 283 g/mol. The van der Waals surface area contributed by atoms with Gasteiger partial charge >= 0.3 is 6.03 Å². The third-order valence-electron chi connectivity index (χ3n) is 3.38. The molecule has 0 aromatic carbocycles. The molecule has 0 saturated heterocycles. The Bertz CT molecular complexity index is 627. The SMILES string of the molecule is Cc1ccnc([C@@H](NC(=O)Nc2ccccn2)C2CC2)n1. The summed E-state index contributed by atoms with van der Waals surface area (Å²) in [6, 6.07) is 6.79. The maximum Gasteiger partial charge on any atom is 0.321 e. The maximum absolute atomic E-state index is 12.1. The number of aromatic nitrogens is 3. The Morgan fingerprint density at radius 3 is 2.76 bits per heavy atom. The molecule has 6 heteroatoms. The minimum Gasteiger partial charge on any atom is -0.328 e. The number of pyridine rings is 1. The third-order valence-corrected chi connectivity index (χ3v) is 3.38. The molecule has 0 aliphatic heterocycles. The van der Waals surface area contributed by atoms with Crippen LogP contribution >= 0.6 is 0 Å². The van der Waals surface area contributed by atoms with E-state index in [1.54, 1.807) is 24.5 Å². The molecule has 1 saturated carbocycles. The lowest BCUT2D eigenvalue weighted by Gasteiger charge is -2.17. The fraction of sp³-hybridized carbons (Fsp3) is 0.333. The summed E-state index contributed by atoms with van der Waals surface area (Å²) in [5.74, 6) is 1.62. The fourth-order valence-corrected chi connectivity index (χ4v) is 2.17. The first-order valence-electron chi connectivity index (χ1n) is 7.00. The highest BCUT2D eigenvalue weighted by Crippen LogP contribution is 2.39. The molecular weight excluding hydrogens is 266 g/mol. The zero-order valence-electron chi connectivity index (χ0n) is 11.8. The molecule has 2 N–H and O–H groups in total. The van der Waals surface area contributed by atoms with Gasteiger partial charge in [0.25, 0.3) is 0 Å². The molecule has 1 fully saturated rings. The van der Waals surface area contributed by atoms with E-state index in [2.05, 4.69) is 25.6 Å². The summed E-state index contributed by atoms with van der Waals surface area (Å²) in [4.78, 5) is 24.9. The number of hydrogen-bond acceptors (Lipinski definition) is 4. The van der Waals surface area contributed by atoms with Gasteiger partial charge in [-0.1, -0.05) is 6.07 Å². The van der Waals surface area contributed by atoms with E-state index in [-0.39, 0.29) is 12.1 Å². The van der Waals surface area contributed by atoms with Crippen molar-refractivity contribution in [1.29, 1.82) is 0 Å². The van der Waals surface area contributed by atoms with Gasteiger partial charge in [-0.05, 0) is 43.9 Å². The Kier molecular flexibility index (Phi) is 3.77. The van der Waals surface area contributed by atoms with Gasteiger partial charge in [0, 0.05) is 18.1 Å². The van der Waals surface area contributed by atoms with Crippen LogP contribution < -0.4 is 10.6 Å². The molecule has 6 nitrogen and oxygen atoms in total. The van der Waals surface area contributed by atoms with Crippen molar-refractivity contribution < 1.29 is 4.79 Å². The molecule has 1 aliphatic rings. The second-order valence-electron chi connectivity index (χ2n) is 5.18. The lowest BCUT2D eigenvalue weighted by molar-refractivity contribution is 0.246. The molecule has 2 heterocycles. The molecule has 0 bridgehead atoms. The van der Waals surface area contributed by atoms with Gasteiger partial charge in [-0.15, -0.1) is 0 Å². The van der Waals surface area contributed by atoms with E-state index >= 15 is 0 Å². The predicted octanol–water partition coefficient (Wildman–Crippen LogP) is 2.45. The number of hydrogen-bond donors (Lipinski definition) is 2. The van der Waals surface area contributed by atoms with Gasteiger partial charge < -0.3 is 5.32 Å². The largest absolute Gasteiger partial charge is 0.328 e. The fourth-order valence-electron chi connectivity index (χ4n) is 2.17. The van der Waals surface area contributed by atoms with E-state index in [0.29, 0.717) is 17.6 Å². The number of rotatable bonds is 4. The molecule has 0 unspecified atom stereocenters. The third kappa shape index (κ3) is 3.53. The van der Waals surface area contributed by atoms with Crippen LogP contribution in [-0.2, 0) is 0 Å². The topological polar surface area (TPSA) is 79.8 Å². The normalized spacial score (nSPS) is 15.3. The second kappa shape index (κ2) is 5.87. The molecule has 1 aliphatic carbocycles. The van der Waals surface area contributed by atoms with Crippen molar-refractivity contribution in [1.82, 2.24) is 20.3 Å². The second-order valence-corrected chi connectivity index (χ2v) is 5.18. The van der Waals surface area contributed by atoms with Gasteiger partial charge in [-0.2, -0.15) is 0 Å². The average Bonchev–Trinajstić information content (AvgIpc) is 3.30. The lowest BCUT2D eigenvalue weighted by Crippen LogP contribution is -2.34. The summed E-state index contributed by atoms with van der Waals surface area (Å²) >= 11 is 0. The van der Waals surface area contributed by atoms with Crippen molar-refractivity contribution in [2.24, 2.45) is 5.92 Å². The van der Waals surface area contributed by atoms with Crippen molar-refractivity contribution in [3.8, 4) is 0 Å². The van der Waals surface area contributed by atoms with Crippen LogP contribution in [0.25, 0.3) is 0 Å². The molecule has 2 aromatic rings. The Morgan fingerprint density at radius 2 is 2.10 bits per heavy atom. The van der Waals surface area contributed by atoms with Gasteiger partial charge in [-0.25, -0.2) is 19.7 Å². The minimum atomic E-state index is -0.282. The molecule has 1 atom stereocenters. The van der Waals surface area contributed by atoms with Crippen LogP contribution in [0.2, 0.25) is 0 Å². The highest BCUT2D eigenvalue weighted by molar-refractivity contribution is 5.88. The molecular formula is C15H17N5O. The summed E-state index contributed by atoms with van der Waals surface area (Å²) in [6.07, 6.45) is 5.54. The van der Waals surface area contributed by atoms with Crippen LogP contribution in [0.3, 0.4) is 0 Å². The maximum atomic E-state index is 12.1.